The van der Waals surface area contributed by atoms with Gasteiger partial charge in [0.15, 0.2) is 0 Å². The topological polar surface area (TPSA) is 57.6 Å². The zero-order valence-electron chi connectivity index (χ0n) is 12.3. The lowest BCUT2D eigenvalue weighted by Crippen LogP contribution is -2.33. The molecule has 0 fully saturated rings. The number of pyridine rings is 1. The minimum Gasteiger partial charge on any atom is -0.308 e. The van der Waals surface area contributed by atoms with Crippen LogP contribution in [0.1, 0.15) is 17.3 Å². The van der Waals surface area contributed by atoms with Gasteiger partial charge in [0.05, 0.1) is 22.3 Å². The van der Waals surface area contributed by atoms with Crippen LogP contribution in [0.5, 0.6) is 0 Å². The highest BCUT2D eigenvalue weighted by Gasteiger charge is 2.25. The third-order valence-corrected chi connectivity index (χ3v) is 4.27. The Morgan fingerprint density at radius 3 is 2.65 bits per heavy atom. The molecule has 7 heteroatoms. The quantitative estimate of drug-likeness (QED) is 0.902. The van der Waals surface area contributed by atoms with Gasteiger partial charge in [0.2, 0.25) is 0 Å². The molecule has 1 aliphatic rings. The molecule has 0 unspecified atom stereocenters. The largest absolute Gasteiger partial charge is 0.308 e. The highest BCUT2D eigenvalue weighted by atomic mass is 35.5. The molecular formula is C16H14Cl2N4O. The zero-order valence-corrected chi connectivity index (χ0v) is 13.8. The monoisotopic (exact) mass is 348 g/mol. The van der Waals surface area contributed by atoms with Crippen LogP contribution in [0.25, 0.3) is 0 Å². The van der Waals surface area contributed by atoms with Gasteiger partial charge < -0.3 is 5.32 Å². The molecule has 1 atom stereocenters. The number of rotatable bonds is 2. The van der Waals surface area contributed by atoms with Gasteiger partial charge in [0.1, 0.15) is 5.84 Å². The van der Waals surface area contributed by atoms with Gasteiger partial charge in [-0.05, 0) is 30.3 Å². The van der Waals surface area contributed by atoms with Gasteiger partial charge in [0, 0.05) is 23.9 Å². The number of amidine groups is 1. The van der Waals surface area contributed by atoms with Crippen molar-refractivity contribution in [3.63, 3.8) is 0 Å². The smallest absolute Gasteiger partial charge is 0.256 e. The number of anilines is 1. The van der Waals surface area contributed by atoms with E-state index < -0.39 is 0 Å². The lowest BCUT2D eigenvalue weighted by atomic mass is 10.1. The van der Waals surface area contributed by atoms with E-state index in [9.17, 15) is 4.79 Å². The molecule has 2 heterocycles. The summed E-state index contributed by atoms with van der Waals surface area (Å²) in [5, 5.41) is 10.1. The molecule has 5 nitrogen and oxygen atoms in total. The number of hydrogen-bond acceptors (Lipinski definition) is 4. The number of hydrazone groups is 1. The summed E-state index contributed by atoms with van der Waals surface area (Å²) < 4.78 is 0. The average Bonchev–Trinajstić information content (AvgIpc) is 2.92. The van der Waals surface area contributed by atoms with Crippen LogP contribution in [-0.2, 0) is 0 Å². The second-order valence-electron chi connectivity index (χ2n) is 5.26. The molecule has 0 aliphatic carbocycles. The van der Waals surface area contributed by atoms with Gasteiger partial charge in [-0.15, -0.1) is 0 Å². The van der Waals surface area contributed by atoms with Gasteiger partial charge in [-0.3, -0.25) is 14.8 Å². The molecule has 3 rings (SSSR count). The third-order valence-electron chi connectivity index (χ3n) is 3.53. The SMILES string of the molecule is C[C@H]1CN(c2ccc(Cl)c(Cl)c2)N=C1NC(=O)c1ccncc1. The van der Waals surface area contributed by atoms with Gasteiger partial charge in [-0.1, -0.05) is 30.1 Å². The highest BCUT2D eigenvalue weighted by Crippen LogP contribution is 2.29. The Morgan fingerprint density at radius 2 is 1.96 bits per heavy atom. The van der Waals surface area contributed by atoms with Crippen molar-refractivity contribution in [2.24, 2.45) is 11.0 Å². The molecule has 0 bridgehead atoms. The molecule has 0 saturated carbocycles. The predicted molar refractivity (Wildman–Crippen MR) is 92.1 cm³/mol. The maximum Gasteiger partial charge on any atom is 0.256 e. The molecular weight excluding hydrogens is 335 g/mol. The summed E-state index contributed by atoms with van der Waals surface area (Å²) in [6, 6.07) is 8.65. The van der Waals surface area contributed by atoms with E-state index in [1.165, 1.54) is 0 Å². The number of halogens is 2. The van der Waals surface area contributed by atoms with Crippen LogP contribution in [0.2, 0.25) is 10.0 Å². The van der Waals surface area contributed by atoms with E-state index in [0.717, 1.165) is 5.69 Å². The molecule has 118 valence electrons. The fourth-order valence-corrected chi connectivity index (χ4v) is 2.56. The average molecular weight is 349 g/mol. The number of carbonyl (C=O) groups is 1. The zero-order chi connectivity index (χ0) is 16.4. The van der Waals surface area contributed by atoms with Gasteiger partial charge >= 0.3 is 0 Å². The summed E-state index contributed by atoms with van der Waals surface area (Å²) >= 11 is 12.0. The first-order chi connectivity index (χ1) is 11.0. The minimum absolute atomic E-state index is 0.0928. The Kier molecular flexibility index (Phi) is 4.50. The first-order valence-corrected chi connectivity index (χ1v) is 7.82. The standard InChI is InChI=1S/C16H14Cl2N4O/c1-10-9-22(12-2-3-13(17)14(18)8-12)21-15(10)20-16(23)11-4-6-19-7-5-11/h2-8,10H,9H2,1H3,(H,20,21,23)/t10-/m0/s1. The summed E-state index contributed by atoms with van der Waals surface area (Å²) in [7, 11) is 0. The second kappa shape index (κ2) is 6.56. The van der Waals surface area contributed by atoms with Crippen LogP contribution in [0.4, 0.5) is 5.69 Å². The summed E-state index contributed by atoms with van der Waals surface area (Å²) in [4.78, 5) is 16.1. The van der Waals surface area contributed by atoms with Crippen molar-refractivity contribution < 1.29 is 4.79 Å². The lowest BCUT2D eigenvalue weighted by molar-refractivity contribution is 0.0975. The Balaban J connectivity index is 1.77. The third kappa shape index (κ3) is 3.46. The van der Waals surface area contributed by atoms with Crippen molar-refractivity contribution in [3.05, 3.63) is 58.3 Å². The first-order valence-electron chi connectivity index (χ1n) is 7.07. The van der Waals surface area contributed by atoms with Crippen molar-refractivity contribution >= 4 is 40.6 Å². The Hall–Kier alpha value is -2.11. The van der Waals surface area contributed by atoms with E-state index in [4.69, 9.17) is 23.2 Å². The first kappa shape index (κ1) is 15.8. The number of carbonyl (C=O) groups excluding carboxylic acids is 1. The van der Waals surface area contributed by atoms with Crippen LogP contribution in [0, 0.1) is 5.92 Å². The van der Waals surface area contributed by atoms with Gasteiger partial charge in [-0.2, -0.15) is 5.10 Å². The predicted octanol–water partition coefficient (Wildman–Crippen LogP) is 3.59. The number of nitrogens with zero attached hydrogens (tertiary/aromatic N) is 3. The van der Waals surface area contributed by atoms with Crippen LogP contribution in [-0.4, -0.2) is 23.3 Å². The summed E-state index contributed by atoms with van der Waals surface area (Å²) in [5.74, 6) is 0.516. The number of benzene rings is 1. The second-order valence-corrected chi connectivity index (χ2v) is 6.07. The lowest BCUT2D eigenvalue weighted by Gasteiger charge is -2.14. The van der Waals surface area contributed by atoms with Crippen LogP contribution < -0.4 is 10.3 Å². The van der Waals surface area contributed by atoms with Gasteiger partial charge in [0.25, 0.3) is 5.91 Å². The van der Waals surface area contributed by atoms with Crippen molar-refractivity contribution in [2.45, 2.75) is 6.92 Å². The van der Waals surface area contributed by atoms with E-state index in [0.29, 0.717) is 28.0 Å². The highest BCUT2D eigenvalue weighted by molar-refractivity contribution is 6.42. The molecule has 1 aromatic carbocycles. The fourth-order valence-electron chi connectivity index (χ4n) is 2.26. The number of aromatic nitrogens is 1. The summed E-state index contributed by atoms with van der Waals surface area (Å²) in [5.41, 5.74) is 1.38. The van der Waals surface area contributed by atoms with Crippen molar-refractivity contribution in [3.8, 4) is 0 Å². The van der Waals surface area contributed by atoms with Gasteiger partial charge in [-0.25, -0.2) is 0 Å². The molecule has 1 amide bonds. The van der Waals surface area contributed by atoms with Crippen LogP contribution in [0.3, 0.4) is 0 Å². The van der Waals surface area contributed by atoms with E-state index in [-0.39, 0.29) is 11.8 Å². The summed E-state index contributed by atoms with van der Waals surface area (Å²) in [6.07, 6.45) is 3.16. The Bertz CT molecular complexity index is 764. The normalized spacial score (nSPS) is 17.1. The molecule has 2 aromatic rings. The van der Waals surface area contributed by atoms with E-state index in [1.807, 2.05) is 13.0 Å². The molecule has 1 aliphatic heterocycles. The maximum absolute atomic E-state index is 12.2. The van der Waals surface area contributed by atoms with Crippen molar-refractivity contribution in [1.82, 2.24) is 10.3 Å². The van der Waals surface area contributed by atoms with E-state index in [1.54, 1.807) is 41.7 Å². The van der Waals surface area contributed by atoms with Crippen molar-refractivity contribution in [1.29, 1.82) is 0 Å². The maximum atomic E-state index is 12.2. The fraction of sp³-hybridized carbons (Fsp3) is 0.188. The molecule has 1 aromatic heterocycles. The van der Waals surface area contributed by atoms with Crippen molar-refractivity contribution in [2.75, 3.05) is 11.6 Å². The van der Waals surface area contributed by atoms with Crippen LogP contribution in [0.15, 0.2) is 47.8 Å². The number of hydrogen-bond donors (Lipinski definition) is 1. The van der Waals surface area contributed by atoms with E-state index >= 15 is 0 Å². The molecule has 1 N–H and O–H groups in total. The Labute approximate surface area is 143 Å². The van der Waals surface area contributed by atoms with E-state index in [2.05, 4.69) is 15.4 Å². The molecule has 23 heavy (non-hydrogen) atoms. The molecule has 0 radical (unpaired) electrons. The number of amides is 1. The Morgan fingerprint density at radius 1 is 1.22 bits per heavy atom. The summed E-state index contributed by atoms with van der Waals surface area (Å²) in [6.45, 7) is 2.66. The minimum atomic E-state index is -0.200. The molecule has 0 saturated heterocycles. The molecule has 0 spiro atoms. The number of nitrogens with one attached hydrogen (secondary N) is 1. The van der Waals surface area contributed by atoms with Crippen LogP contribution >= 0.6 is 23.2 Å².